The van der Waals surface area contributed by atoms with Crippen LogP contribution in [0.4, 0.5) is 10.7 Å². The van der Waals surface area contributed by atoms with Crippen LogP contribution in [-0.2, 0) is 7.05 Å². The molecule has 0 radical (unpaired) electrons. The highest BCUT2D eigenvalue weighted by atomic mass is 32.1. The molecule has 0 amide bonds. The maximum absolute atomic E-state index is 13.6. The number of hydrogen-bond acceptors (Lipinski definition) is 5. The summed E-state index contributed by atoms with van der Waals surface area (Å²) in [6.45, 7) is 0. The average Bonchev–Trinajstić information content (AvgIpc) is 3.41. The number of anilines is 2. The van der Waals surface area contributed by atoms with Gasteiger partial charge in [0.05, 0.1) is 21.5 Å². The van der Waals surface area contributed by atoms with Crippen LogP contribution in [0, 0.1) is 0 Å². The summed E-state index contributed by atoms with van der Waals surface area (Å²) in [6.07, 6.45) is 0. The van der Waals surface area contributed by atoms with Gasteiger partial charge in [0.15, 0.2) is 5.82 Å². The molecule has 0 unspecified atom stereocenters. The maximum Gasteiger partial charge on any atom is 0.231 e. The fraction of sp³-hybridized carbons (Fsp3) is 0.0385. The largest absolute Gasteiger partial charge is 0.347 e. The standard InChI is InChI=1S/C26H19N3O2S/c1-29-21-15-9-8-14-20(21)28-25(29)24(31)19-16-22(23(30)17-10-4-2-5-11-17)32-26(19)27-18-12-6-3-7-13-18/h2-16,27H,1H3. The first-order valence-electron chi connectivity index (χ1n) is 10.1. The van der Waals surface area contributed by atoms with Gasteiger partial charge in [-0.25, -0.2) is 4.98 Å². The first kappa shape index (κ1) is 19.9. The summed E-state index contributed by atoms with van der Waals surface area (Å²) in [5.41, 5.74) is 3.49. The van der Waals surface area contributed by atoms with Crippen molar-refractivity contribution < 1.29 is 9.59 Å². The van der Waals surface area contributed by atoms with Gasteiger partial charge in [0.2, 0.25) is 11.6 Å². The number of nitrogens with zero attached hydrogens (tertiary/aromatic N) is 2. The molecule has 1 N–H and O–H groups in total. The van der Waals surface area contributed by atoms with E-state index in [4.69, 9.17) is 0 Å². The number of fused-ring (bicyclic) bond motifs is 1. The Morgan fingerprint density at radius 3 is 2.22 bits per heavy atom. The minimum atomic E-state index is -0.231. The third-order valence-corrected chi connectivity index (χ3v) is 6.31. The summed E-state index contributed by atoms with van der Waals surface area (Å²) in [5.74, 6) is -0.0138. The third-order valence-electron chi connectivity index (χ3n) is 5.26. The highest BCUT2D eigenvalue weighted by Crippen LogP contribution is 2.34. The van der Waals surface area contributed by atoms with Gasteiger partial charge < -0.3 is 9.88 Å². The Morgan fingerprint density at radius 1 is 0.844 bits per heavy atom. The Bertz CT molecular complexity index is 1440. The summed E-state index contributed by atoms with van der Waals surface area (Å²) in [6, 6.07) is 28.0. The molecule has 0 aliphatic heterocycles. The van der Waals surface area contributed by atoms with E-state index in [0.29, 0.717) is 26.8 Å². The van der Waals surface area contributed by atoms with Gasteiger partial charge in [-0.05, 0) is 30.3 Å². The van der Waals surface area contributed by atoms with Crippen molar-refractivity contribution in [1.29, 1.82) is 0 Å². The summed E-state index contributed by atoms with van der Waals surface area (Å²) < 4.78 is 1.79. The van der Waals surface area contributed by atoms with E-state index >= 15 is 0 Å². The minimum Gasteiger partial charge on any atom is -0.347 e. The van der Waals surface area contributed by atoms with Crippen LogP contribution >= 0.6 is 11.3 Å². The van der Waals surface area contributed by atoms with Gasteiger partial charge in [0, 0.05) is 18.3 Å². The number of carbonyl (C=O) groups is 2. The number of ketones is 2. The predicted molar refractivity (Wildman–Crippen MR) is 128 cm³/mol. The van der Waals surface area contributed by atoms with Crippen LogP contribution in [0.15, 0.2) is 91.0 Å². The lowest BCUT2D eigenvalue weighted by atomic mass is 10.1. The normalized spacial score (nSPS) is 10.9. The second kappa shape index (κ2) is 8.24. The molecule has 0 aliphatic carbocycles. The fourth-order valence-corrected chi connectivity index (χ4v) is 4.66. The molecular weight excluding hydrogens is 418 g/mol. The van der Waals surface area contributed by atoms with Gasteiger partial charge >= 0.3 is 0 Å². The lowest BCUT2D eigenvalue weighted by Gasteiger charge is -2.07. The van der Waals surface area contributed by atoms with E-state index in [1.54, 1.807) is 22.8 Å². The molecule has 5 aromatic rings. The zero-order chi connectivity index (χ0) is 22.1. The Balaban J connectivity index is 1.60. The number of carbonyl (C=O) groups excluding carboxylic acids is 2. The first-order valence-corrected chi connectivity index (χ1v) is 11.0. The zero-order valence-electron chi connectivity index (χ0n) is 17.3. The molecule has 2 aromatic heterocycles. The Labute approximate surface area is 189 Å². The maximum atomic E-state index is 13.6. The molecule has 0 fully saturated rings. The number of rotatable bonds is 6. The molecular formula is C26H19N3O2S. The Morgan fingerprint density at radius 2 is 1.50 bits per heavy atom. The van der Waals surface area contributed by atoms with Gasteiger partial charge in [0.1, 0.15) is 5.00 Å². The van der Waals surface area contributed by atoms with E-state index < -0.39 is 0 Å². The average molecular weight is 438 g/mol. The molecule has 0 aliphatic rings. The molecule has 5 rings (SSSR count). The molecule has 2 heterocycles. The monoisotopic (exact) mass is 437 g/mol. The van der Waals surface area contributed by atoms with Crippen LogP contribution in [0.1, 0.15) is 31.4 Å². The Hall–Kier alpha value is -4.03. The SMILES string of the molecule is Cn1c(C(=O)c2cc(C(=O)c3ccccc3)sc2Nc2ccccc2)nc2ccccc21. The van der Waals surface area contributed by atoms with Crippen LogP contribution in [0.25, 0.3) is 11.0 Å². The third kappa shape index (κ3) is 3.61. The van der Waals surface area contributed by atoms with Gasteiger partial charge in [-0.1, -0.05) is 60.7 Å². The first-order chi connectivity index (χ1) is 15.6. The zero-order valence-corrected chi connectivity index (χ0v) is 18.1. The van der Waals surface area contributed by atoms with Crippen LogP contribution in [0.3, 0.4) is 0 Å². The molecule has 3 aromatic carbocycles. The van der Waals surface area contributed by atoms with Crippen molar-refractivity contribution in [3.8, 4) is 0 Å². The lowest BCUT2D eigenvalue weighted by molar-refractivity contribution is 0.102. The Kier molecular flexibility index (Phi) is 5.13. The van der Waals surface area contributed by atoms with Crippen molar-refractivity contribution in [1.82, 2.24) is 9.55 Å². The van der Waals surface area contributed by atoms with E-state index in [9.17, 15) is 9.59 Å². The number of nitrogens with one attached hydrogen (secondary N) is 1. The molecule has 32 heavy (non-hydrogen) atoms. The summed E-state index contributed by atoms with van der Waals surface area (Å²) in [5, 5.41) is 3.93. The quantitative estimate of drug-likeness (QED) is 0.339. The van der Waals surface area contributed by atoms with Crippen molar-refractivity contribution >= 4 is 44.6 Å². The number of aryl methyl sites for hydroxylation is 1. The van der Waals surface area contributed by atoms with Crippen molar-refractivity contribution in [3.63, 3.8) is 0 Å². The molecule has 0 saturated heterocycles. The molecule has 0 saturated carbocycles. The minimum absolute atomic E-state index is 0.115. The van der Waals surface area contributed by atoms with Crippen molar-refractivity contribution in [2.24, 2.45) is 7.05 Å². The van der Waals surface area contributed by atoms with Gasteiger partial charge in [-0.15, -0.1) is 11.3 Å². The molecule has 156 valence electrons. The predicted octanol–water partition coefficient (Wildman–Crippen LogP) is 5.84. The summed E-state index contributed by atoms with van der Waals surface area (Å²) in [4.78, 5) is 31.7. The van der Waals surface area contributed by atoms with Gasteiger partial charge in [-0.2, -0.15) is 0 Å². The molecule has 0 bridgehead atoms. The number of para-hydroxylation sites is 3. The van der Waals surface area contributed by atoms with E-state index in [-0.39, 0.29) is 11.6 Å². The van der Waals surface area contributed by atoms with Crippen LogP contribution in [-0.4, -0.2) is 21.1 Å². The number of aromatic nitrogens is 2. The second-order valence-corrected chi connectivity index (χ2v) is 8.40. The van der Waals surface area contributed by atoms with Crippen molar-refractivity contribution in [2.75, 3.05) is 5.32 Å². The highest BCUT2D eigenvalue weighted by Gasteiger charge is 2.25. The van der Waals surface area contributed by atoms with Gasteiger partial charge in [-0.3, -0.25) is 9.59 Å². The number of hydrogen-bond donors (Lipinski definition) is 1. The number of thiophene rings is 1. The molecule has 0 spiro atoms. The molecule has 0 atom stereocenters. The lowest BCUT2D eigenvalue weighted by Crippen LogP contribution is -2.10. The summed E-state index contributed by atoms with van der Waals surface area (Å²) in [7, 11) is 1.83. The number of benzene rings is 3. The van der Waals surface area contributed by atoms with E-state index in [0.717, 1.165) is 16.7 Å². The van der Waals surface area contributed by atoms with E-state index in [1.807, 2.05) is 79.8 Å². The van der Waals surface area contributed by atoms with Crippen LogP contribution in [0.2, 0.25) is 0 Å². The fourth-order valence-electron chi connectivity index (χ4n) is 3.62. The highest BCUT2D eigenvalue weighted by molar-refractivity contribution is 7.18. The summed E-state index contributed by atoms with van der Waals surface area (Å²) >= 11 is 1.27. The second-order valence-electron chi connectivity index (χ2n) is 7.35. The number of imidazole rings is 1. The van der Waals surface area contributed by atoms with Crippen LogP contribution < -0.4 is 5.32 Å². The topological polar surface area (TPSA) is 64.0 Å². The van der Waals surface area contributed by atoms with Gasteiger partial charge in [0.25, 0.3) is 0 Å². The molecule has 5 nitrogen and oxygen atoms in total. The smallest absolute Gasteiger partial charge is 0.231 e. The van der Waals surface area contributed by atoms with Crippen molar-refractivity contribution in [2.45, 2.75) is 0 Å². The van der Waals surface area contributed by atoms with E-state index in [1.165, 1.54) is 11.3 Å². The van der Waals surface area contributed by atoms with Crippen LogP contribution in [0.5, 0.6) is 0 Å². The van der Waals surface area contributed by atoms with Crippen molar-refractivity contribution in [3.05, 3.63) is 113 Å². The van der Waals surface area contributed by atoms with E-state index in [2.05, 4.69) is 10.3 Å². The molecule has 6 heteroatoms.